The van der Waals surface area contributed by atoms with Crippen LogP contribution in [0.25, 0.3) is 0 Å². The van der Waals surface area contributed by atoms with Crippen molar-refractivity contribution in [2.24, 2.45) is 0 Å². The molecule has 0 saturated carbocycles. The van der Waals surface area contributed by atoms with E-state index in [-0.39, 0.29) is 11.6 Å². The number of aromatic nitrogens is 1. The predicted octanol–water partition coefficient (Wildman–Crippen LogP) is 3.68. The number of nitrogens with one attached hydrogen (secondary N) is 1. The number of hydrogen-bond acceptors (Lipinski definition) is 3. The summed E-state index contributed by atoms with van der Waals surface area (Å²) in [7, 11) is 0. The Morgan fingerprint density at radius 3 is 2.71 bits per heavy atom. The summed E-state index contributed by atoms with van der Waals surface area (Å²) in [4.78, 5) is 29.2. The summed E-state index contributed by atoms with van der Waals surface area (Å²) in [5.41, 5.74) is 2.20. The first-order valence-corrected chi connectivity index (χ1v) is 7.91. The van der Waals surface area contributed by atoms with Crippen LogP contribution < -0.4 is 5.32 Å². The minimum Gasteiger partial charge on any atom is -0.478 e. The fraction of sp³-hybridized carbons (Fsp3) is 0.188. The fourth-order valence-electron chi connectivity index (χ4n) is 2.63. The molecule has 24 heavy (non-hydrogen) atoms. The number of rotatable bonds is 2. The first-order chi connectivity index (χ1) is 11.5. The number of hydrogen-bond donors (Lipinski definition) is 2. The molecule has 0 aliphatic carbocycles. The lowest BCUT2D eigenvalue weighted by atomic mass is 9.97. The van der Waals surface area contributed by atoms with Gasteiger partial charge >= 0.3 is 12.0 Å². The molecule has 0 radical (unpaired) electrons. The highest BCUT2D eigenvalue weighted by Gasteiger charge is 2.24. The second kappa shape index (κ2) is 6.67. The van der Waals surface area contributed by atoms with Crippen molar-refractivity contribution in [1.82, 2.24) is 9.88 Å². The number of halogens is 2. The van der Waals surface area contributed by atoms with Crippen molar-refractivity contribution in [2.75, 3.05) is 11.9 Å². The molecule has 0 unspecified atom stereocenters. The van der Waals surface area contributed by atoms with Crippen molar-refractivity contribution in [3.8, 4) is 0 Å². The zero-order chi connectivity index (χ0) is 17.3. The van der Waals surface area contributed by atoms with E-state index < -0.39 is 5.97 Å². The Morgan fingerprint density at radius 1 is 1.21 bits per heavy atom. The van der Waals surface area contributed by atoms with E-state index in [2.05, 4.69) is 10.3 Å². The largest absolute Gasteiger partial charge is 0.478 e. The van der Waals surface area contributed by atoms with E-state index in [4.69, 9.17) is 23.2 Å². The second-order valence-corrected chi connectivity index (χ2v) is 6.17. The Morgan fingerprint density at radius 2 is 2.00 bits per heavy atom. The van der Waals surface area contributed by atoms with E-state index in [9.17, 15) is 14.7 Å². The number of aromatic carboxylic acids is 1. The van der Waals surface area contributed by atoms with Crippen molar-refractivity contribution in [1.29, 1.82) is 0 Å². The molecule has 0 spiro atoms. The van der Waals surface area contributed by atoms with E-state index in [1.165, 1.54) is 6.20 Å². The smallest absolute Gasteiger partial charge is 0.337 e. The number of benzene rings is 1. The Labute approximate surface area is 148 Å². The Hall–Kier alpha value is -2.31. The Kier molecular flexibility index (Phi) is 4.59. The standard InChI is InChI=1S/C16H13Cl2N3O3/c17-13-2-1-10(5-14(13)18)20-16(24)21-4-3-11-9(8-21)6-19-7-12(11)15(22)23/h1-2,5-7H,3-4,8H2,(H,20,24)(H,22,23). The quantitative estimate of drug-likeness (QED) is 0.850. The van der Waals surface area contributed by atoms with Gasteiger partial charge in [0.05, 0.1) is 15.6 Å². The highest BCUT2D eigenvalue weighted by atomic mass is 35.5. The van der Waals surface area contributed by atoms with Gasteiger partial charge in [-0.3, -0.25) is 4.98 Å². The maximum absolute atomic E-state index is 12.4. The Balaban J connectivity index is 1.75. The maximum Gasteiger partial charge on any atom is 0.337 e. The zero-order valence-electron chi connectivity index (χ0n) is 12.4. The molecule has 8 heteroatoms. The molecule has 3 rings (SSSR count). The van der Waals surface area contributed by atoms with Crippen molar-refractivity contribution in [3.05, 3.63) is 57.3 Å². The predicted molar refractivity (Wildman–Crippen MR) is 90.8 cm³/mol. The number of amides is 2. The number of fused-ring (bicyclic) bond motifs is 1. The molecule has 2 amide bonds. The minimum absolute atomic E-state index is 0.192. The van der Waals surface area contributed by atoms with Gasteiger partial charge in [0.2, 0.25) is 0 Å². The molecular weight excluding hydrogens is 353 g/mol. The zero-order valence-corrected chi connectivity index (χ0v) is 13.9. The van der Waals surface area contributed by atoms with Crippen LogP contribution in [0.4, 0.5) is 10.5 Å². The lowest BCUT2D eigenvalue weighted by Gasteiger charge is -2.29. The summed E-state index contributed by atoms with van der Waals surface area (Å²) in [6.07, 6.45) is 3.40. The van der Waals surface area contributed by atoms with Crippen molar-refractivity contribution < 1.29 is 14.7 Å². The van der Waals surface area contributed by atoms with Gasteiger partial charge in [-0.15, -0.1) is 0 Å². The van der Waals surface area contributed by atoms with Gasteiger partial charge in [0.1, 0.15) is 0 Å². The van der Waals surface area contributed by atoms with Gasteiger partial charge in [0.25, 0.3) is 0 Å². The van der Waals surface area contributed by atoms with Gasteiger partial charge < -0.3 is 15.3 Å². The molecule has 1 aliphatic rings. The summed E-state index contributed by atoms with van der Waals surface area (Å²) < 4.78 is 0. The molecule has 0 fully saturated rings. The molecule has 0 saturated heterocycles. The van der Waals surface area contributed by atoms with Gasteiger partial charge in [-0.25, -0.2) is 9.59 Å². The van der Waals surface area contributed by atoms with Crippen molar-refractivity contribution >= 4 is 40.9 Å². The molecule has 0 bridgehead atoms. The van der Waals surface area contributed by atoms with Crippen LogP contribution in [0.5, 0.6) is 0 Å². The molecule has 1 aromatic carbocycles. The summed E-state index contributed by atoms with van der Waals surface area (Å²) >= 11 is 11.8. The topological polar surface area (TPSA) is 82.5 Å². The van der Waals surface area contributed by atoms with Crippen LogP contribution in [0.15, 0.2) is 30.6 Å². The highest BCUT2D eigenvalue weighted by Crippen LogP contribution is 2.26. The van der Waals surface area contributed by atoms with Crippen LogP contribution >= 0.6 is 23.2 Å². The van der Waals surface area contributed by atoms with E-state index in [0.717, 1.165) is 11.1 Å². The average molecular weight is 366 g/mol. The van der Waals surface area contributed by atoms with Crippen LogP contribution in [-0.4, -0.2) is 33.5 Å². The Bertz CT molecular complexity index is 826. The summed E-state index contributed by atoms with van der Waals surface area (Å²) in [6.45, 7) is 0.723. The van der Waals surface area contributed by atoms with Gasteiger partial charge in [0.15, 0.2) is 0 Å². The molecule has 1 aliphatic heterocycles. The number of carboxylic acids is 1. The van der Waals surface area contributed by atoms with Crippen LogP contribution in [0.1, 0.15) is 21.5 Å². The average Bonchev–Trinajstić information content (AvgIpc) is 2.57. The first-order valence-electron chi connectivity index (χ1n) is 7.15. The summed E-state index contributed by atoms with van der Waals surface area (Å²) in [5, 5.41) is 12.7. The van der Waals surface area contributed by atoms with E-state index >= 15 is 0 Å². The molecule has 2 aromatic rings. The van der Waals surface area contributed by atoms with E-state index in [0.29, 0.717) is 35.2 Å². The third-order valence-corrected chi connectivity index (χ3v) is 4.57. The summed E-state index contributed by atoms with van der Waals surface area (Å²) in [6, 6.07) is 4.55. The van der Waals surface area contributed by atoms with Crippen LogP contribution in [0.3, 0.4) is 0 Å². The van der Waals surface area contributed by atoms with Crippen LogP contribution in [0.2, 0.25) is 10.0 Å². The van der Waals surface area contributed by atoms with Crippen molar-refractivity contribution in [3.63, 3.8) is 0 Å². The normalized spacial score (nSPS) is 13.3. The highest BCUT2D eigenvalue weighted by molar-refractivity contribution is 6.42. The van der Waals surface area contributed by atoms with Crippen LogP contribution in [-0.2, 0) is 13.0 Å². The number of urea groups is 1. The lowest BCUT2D eigenvalue weighted by molar-refractivity contribution is 0.0694. The van der Waals surface area contributed by atoms with Gasteiger partial charge in [-0.1, -0.05) is 23.2 Å². The molecule has 2 heterocycles. The fourth-order valence-corrected chi connectivity index (χ4v) is 2.93. The first kappa shape index (κ1) is 16.5. The summed E-state index contributed by atoms with van der Waals surface area (Å²) in [5.74, 6) is -1.01. The maximum atomic E-state index is 12.4. The number of carbonyl (C=O) groups is 2. The number of anilines is 1. The SMILES string of the molecule is O=C(O)c1cncc2c1CCN(C(=O)Nc1ccc(Cl)c(Cl)c1)C2. The van der Waals surface area contributed by atoms with Crippen molar-refractivity contribution in [2.45, 2.75) is 13.0 Å². The lowest BCUT2D eigenvalue weighted by Crippen LogP contribution is -2.39. The van der Waals surface area contributed by atoms with Gasteiger partial charge in [-0.2, -0.15) is 0 Å². The third kappa shape index (κ3) is 3.29. The number of carbonyl (C=O) groups excluding carboxylic acids is 1. The second-order valence-electron chi connectivity index (χ2n) is 5.36. The number of nitrogens with zero attached hydrogens (tertiary/aromatic N) is 2. The minimum atomic E-state index is -1.01. The van der Waals surface area contributed by atoms with E-state index in [1.54, 1.807) is 29.3 Å². The van der Waals surface area contributed by atoms with Gasteiger partial charge in [-0.05, 0) is 35.7 Å². The monoisotopic (exact) mass is 365 g/mol. The van der Waals surface area contributed by atoms with E-state index in [1.807, 2.05) is 0 Å². The number of pyridine rings is 1. The molecule has 1 aromatic heterocycles. The third-order valence-electron chi connectivity index (χ3n) is 3.83. The molecule has 124 valence electrons. The van der Waals surface area contributed by atoms with Crippen LogP contribution in [0, 0.1) is 0 Å². The number of carboxylic acid groups (broad SMARTS) is 1. The molecule has 2 N–H and O–H groups in total. The molecule has 0 atom stereocenters. The van der Waals surface area contributed by atoms with Gasteiger partial charge in [0, 0.05) is 31.2 Å². The molecule has 6 nitrogen and oxygen atoms in total. The molecular formula is C16H13Cl2N3O3.